The molecule has 0 spiro atoms. The summed E-state index contributed by atoms with van der Waals surface area (Å²) in [5, 5.41) is 7.62. The molecule has 2 aromatic rings. The molecule has 0 N–H and O–H groups in total. The molecule has 0 atom stereocenters. The predicted molar refractivity (Wildman–Crippen MR) is 93.5 cm³/mol. The minimum atomic E-state index is 0.0605. The minimum Gasteiger partial charge on any atom is -0.399 e. The summed E-state index contributed by atoms with van der Waals surface area (Å²) in [4.78, 5) is 21.4. The molecule has 7 heteroatoms. The summed E-state index contributed by atoms with van der Waals surface area (Å²) in [6.45, 7) is 5.71. The molecule has 25 heavy (non-hydrogen) atoms. The number of hydrogen-bond donors (Lipinski definition) is 0. The van der Waals surface area contributed by atoms with Crippen LogP contribution in [0.2, 0.25) is 0 Å². The SMILES string of the molecule is CO/N=C/c1ccc(C(=O)N2CCN(Cc3cc(C)no3)CC2)cc1. The van der Waals surface area contributed by atoms with Crippen molar-refractivity contribution in [3.63, 3.8) is 0 Å². The molecule has 1 saturated heterocycles. The Labute approximate surface area is 146 Å². The van der Waals surface area contributed by atoms with Gasteiger partial charge in [-0.1, -0.05) is 22.4 Å². The minimum absolute atomic E-state index is 0.0605. The lowest BCUT2D eigenvalue weighted by Gasteiger charge is -2.34. The van der Waals surface area contributed by atoms with Crippen molar-refractivity contribution in [2.45, 2.75) is 13.5 Å². The molecule has 0 radical (unpaired) electrons. The molecule has 1 aromatic heterocycles. The highest BCUT2D eigenvalue weighted by Gasteiger charge is 2.22. The Morgan fingerprint density at radius 1 is 1.28 bits per heavy atom. The average molecular weight is 342 g/mol. The maximum absolute atomic E-state index is 12.6. The number of oxime groups is 1. The number of nitrogens with zero attached hydrogens (tertiary/aromatic N) is 4. The van der Waals surface area contributed by atoms with E-state index in [1.165, 1.54) is 7.11 Å². The highest BCUT2D eigenvalue weighted by atomic mass is 16.6. The summed E-state index contributed by atoms with van der Waals surface area (Å²) < 4.78 is 5.26. The first-order valence-electron chi connectivity index (χ1n) is 8.26. The van der Waals surface area contributed by atoms with Crippen molar-refractivity contribution in [3.05, 3.63) is 52.9 Å². The molecular weight excluding hydrogens is 320 g/mol. The van der Waals surface area contributed by atoms with Gasteiger partial charge < -0.3 is 14.3 Å². The Morgan fingerprint density at radius 3 is 2.60 bits per heavy atom. The molecule has 0 aliphatic carbocycles. The van der Waals surface area contributed by atoms with Crippen molar-refractivity contribution in [2.24, 2.45) is 5.16 Å². The normalized spacial score (nSPS) is 15.7. The highest BCUT2D eigenvalue weighted by Crippen LogP contribution is 2.13. The summed E-state index contributed by atoms with van der Waals surface area (Å²) >= 11 is 0. The zero-order valence-electron chi connectivity index (χ0n) is 14.5. The lowest BCUT2D eigenvalue weighted by Crippen LogP contribution is -2.48. The van der Waals surface area contributed by atoms with Gasteiger partial charge in [0, 0.05) is 37.8 Å². The molecule has 132 valence electrons. The van der Waals surface area contributed by atoms with Crippen LogP contribution in [0.1, 0.15) is 27.4 Å². The smallest absolute Gasteiger partial charge is 0.253 e. The second kappa shape index (κ2) is 7.94. The molecule has 0 bridgehead atoms. The van der Waals surface area contributed by atoms with Crippen LogP contribution in [-0.2, 0) is 11.4 Å². The van der Waals surface area contributed by atoms with E-state index < -0.39 is 0 Å². The van der Waals surface area contributed by atoms with E-state index in [1.807, 2.05) is 42.2 Å². The fourth-order valence-corrected chi connectivity index (χ4v) is 2.83. The largest absolute Gasteiger partial charge is 0.399 e. The lowest BCUT2D eigenvalue weighted by atomic mass is 10.1. The van der Waals surface area contributed by atoms with E-state index in [0.29, 0.717) is 18.7 Å². The van der Waals surface area contributed by atoms with Gasteiger partial charge in [-0.25, -0.2) is 0 Å². The standard InChI is InChI=1S/C18H22N4O3/c1-14-11-17(25-20-14)13-21-7-9-22(10-8-21)18(23)16-5-3-15(4-6-16)12-19-24-2/h3-6,11-12H,7-10,13H2,1-2H3/b19-12+. The van der Waals surface area contributed by atoms with E-state index >= 15 is 0 Å². The number of piperazine rings is 1. The van der Waals surface area contributed by atoms with Crippen molar-refractivity contribution in [3.8, 4) is 0 Å². The van der Waals surface area contributed by atoms with E-state index in [1.54, 1.807) is 6.21 Å². The number of rotatable bonds is 5. The summed E-state index contributed by atoms with van der Waals surface area (Å²) in [5.74, 6) is 0.927. The first-order valence-corrected chi connectivity index (χ1v) is 8.26. The number of carbonyl (C=O) groups is 1. The van der Waals surface area contributed by atoms with Gasteiger partial charge in [0.05, 0.1) is 18.5 Å². The fourth-order valence-electron chi connectivity index (χ4n) is 2.83. The molecule has 1 fully saturated rings. The topological polar surface area (TPSA) is 71.2 Å². The van der Waals surface area contributed by atoms with Gasteiger partial charge in [0.1, 0.15) is 7.11 Å². The van der Waals surface area contributed by atoms with Crippen molar-refractivity contribution in [2.75, 3.05) is 33.3 Å². The third kappa shape index (κ3) is 4.45. The van der Waals surface area contributed by atoms with E-state index in [0.717, 1.165) is 36.7 Å². The van der Waals surface area contributed by atoms with Gasteiger partial charge >= 0.3 is 0 Å². The molecule has 2 heterocycles. The van der Waals surface area contributed by atoms with Crippen LogP contribution in [0.15, 0.2) is 40.0 Å². The molecule has 1 amide bonds. The fraction of sp³-hybridized carbons (Fsp3) is 0.389. The first-order chi connectivity index (χ1) is 12.2. The summed E-state index contributed by atoms with van der Waals surface area (Å²) in [7, 11) is 1.50. The summed E-state index contributed by atoms with van der Waals surface area (Å²) in [5.41, 5.74) is 2.47. The van der Waals surface area contributed by atoms with Crippen LogP contribution >= 0.6 is 0 Å². The Balaban J connectivity index is 1.53. The second-order valence-electron chi connectivity index (χ2n) is 6.04. The number of amides is 1. The Hall–Kier alpha value is -2.67. The third-order valence-corrected chi connectivity index (χ3v) is 4.18. The Kier molecular flexibility index (Phi) is 5.45. The van der Waals surface area contributed by atoms with Crippen LogP contribution in [0.25, 0.3) is 0 Å². The van der Waals surface area contributed by atoms with Crippen LogP contribution in [0, 0.1) is 6.92 Å². The van der Waals surface area contributed by atoms with Crippen molar-refractivity contribution in [1.29, 1.82) is 0 Å². The van der Waals surface area contributed by atoms with Gasteiger partial charge in [0.15, 0.2) is 5.76 Å². The number of aromatic nitrogens is 1. The summed E-state index contributed by atoms with van der Waals surface area (Å²) in [6, 6.07) is 9.31. The molecule has 7 nitrogen and oxygen atoms in total. The number of carbonyl (C=O) groups excluding carboxylic acids is 1. The highest BCUT2D eigenvalue weighted by molar-refractivity contribution is 5.95. The molecule has 1 aliphatic rings. The van der Waals surface area contributed by atoms with Gasteiger partial charge in [-0.3, -0.25) is 9.69 Å². The monoisotopic (exact) mass is 342 g/mol. The predicted octanol–water partition coefficient (Wildman–Crippen LogP) is 1.92. The van der Waals surface area contributed by atoms with Gasteiger partial charge in [0.25, 0.3) is 5.91 Å². The number of hydrogen-bond acceptors (Lipinski definition) is 6. The van der Waals surface area contributed by atoms with Crippen molar-refractivity contribution >= 4 is 12.1 Å². The summed E-state index contributed by atoms with van der Waals surface area (Å²) in [6.07, 6.45) is 1.61. The van der Waals surface area contributed by atoms with Gasteiger partial charge in [-0.05, 0) is 24.6 Å². The van der Waals surface area contributed by atoms with E-state index in [-0.39, 0.29) is 5.91 Å². The Morgan fingerprint density at radius 2 is 2.00 bits per heavy atom. The van der Waals surface area contributed by atoms with Crippen molar-refractivity contribution in [1.82, 2.24) is 15.0 Å². The first kappa shape index (κ1) is 17.2. The molecule has 0 unspecified atom stereocenters. The second-order valence-corrected chi connectivity index (χ2v) is 6.04. The Bertz CT molecular complexity index is 731. The average Bonchev–Trinajstić information content (AvgIpc) is 3.05. The maximum Gasteiger partial charge on any atom is 0.253 e. The molecule has 3 rings (SSSR count). The molecule has 1 aromatic carbocycles. The number of benzene rings is 1. The van der Waals surface area contributed by atoms with Crippen LogP contribution in [0.4, 0.5) is 0 Å². The maximum atomic E-state index is 12.6. The van der Waals surface area contributed by atoms with Gasteiger partial charge in [-0.2, -0.15) is 0 Å². The van der Waals surface area contributed by atoms with E-state index in [2.05, 4.69) is 20.0 Å². The van der Waals surface area contributed by atoms with Gasteiger partial charge in [0.2, 0.25) is 0 Å². The van der Waals surface area contributed by atoms with Crippen LogP contribution in [0.3, 0.4) is 0 Å². The molecule has 1 aliphatic heterocycles. The van der Waals surface area contributed by atoms with Crippen LogP contribution in [0.5, 0.6) is 0 Å². The van der Waals surface area contributed by atoms with Crippen molar-refractivity contribution < 1.29 is 14.2 Å². The molecule has 0 saturated carbocycles. The zero-order valence-corrected chi connectivity index (χ0v) is 14.5. The van der Waals surface area contributed by atoms with Crippen LogP contribution in [-0.4, -0.2) is 60.4 Å². The van der Waals surface area contributed by atoms with E-state index in [4.69, 9.17) is 4.52 Å². The molecular formula is C18H22N4O3. The lowest BCUT2D eigenvalue weighted by molar-refractivity contribution is 0.0617. The third-order valence-electron chi connectivity index (χ3n) is 4.18. The quantitative estimate of drug-likeness (QED) is 0.613. The van der Waals surface area contributed by atoms with E-state index in [9.17, 15) is 4.79 Å². The number of aryl methyl sites for hydroxylation is 1. The zero-order chi connectivity index (χ0) is 17.6. The van der Waals surface area contributed by atoms with Gasteiger partial charge in [-0.15, -0.1) is 0 Å². The van der Waals surface area contributed by atoms with Crippen LogP contribution < -0.4 is 0 Å².